The largest absolute Gasteiger partial charge is 0.497 e. The maximum Gasteiger partial charge on any atom is 0.120 e. The predicted octanol–water partition coefficient (Wildman–Crippen LogP) is 3.46. The Morgan fingerprint density at radius 2 is 1.86 bits per heavy atom. The molecule has 0 spiro atoms. The van der Waals surface area contributed by atoms with Gasteiger partial charge >= 0.3 is 0 Å². The van der Waals surface area contributed by atoms with E-state index in [2.05, 4.69) is 36.5 Å². The molecule has 3 heteroatoms. The Hall–Kier alpha value is -2.00. The average molecular weight is 284 g/mol. The molecule has 0 saturated heterocycles. The van der Waals surface area contributed by atoms with Gasteiger partial charge in [-0.05, 0) is 30.5 Å². The molecule has 0 aliphatic heterocycles. The number of hydrogen-bond donors (Lipinski definition) is 2. The Morgan fingerprint density at radius 3 is 2.48 bits per heavy atom. The van der Waals surface area contributed by atoms with Crippen molar-refractivity contribution in [2.75, 3.05) is 19.0 Å². The van der Waals surface area contributed by atoms with Gasteiger partial charge in [-0.1, -0.05) is 43.3 Å². The van der Waals surface area contributed by atoms with E-state index < -0.39 is 0 Å². The third-order valence-corrected chi connectivity index (χ3v) is 3.93. The Labute approximate surface area is 127 Å². The molecule has 0 amide bonds. The number of benzene rings is 2. The topological polar surface area (TPSA) is 47.3 Å². The van der Waals surface area contributed by atoms with Gasteiger partial charge in [0.25, 0.3) is 0 Å². The van der Waals surface area contributed by atoms with Crippen molar-refractivity contribution in [2.24, 2.45) is 5.73 Å². The highest BCUT2D eigenvalue weighted by atomic mass is 16.5. The van der Waals surface area contributed by atoms with Gasteiger partial charge in [-0.2, -0.15) is 0 Å². The van der Waals surface area contributed by atoms with Crippen LogP contribution in [0.15, 0.2) is 54.6 Å². The molecule has 0 fully saturated rings. The third-order valence-electron chi connectivity index (χ3n) is 3.93. The van der Waals surface area contributed by atoms with E-state index >= 15 is 0 Å². The minimum atomic E-state index is -0.145. The number of anilines is 1. The molecule has 0 aliphatic carbocycles. The predicted molar refractivity (Wildman–Crippen MR) is 88.8 cm³/mol. The van der Waals surface area contributed by atoms with E-state index in [1.165, 1.54) is 5.56 Å². The first kappa shape index (κ1) is 15.4. The van der Waals surface area contributed by atoms with Crippen molar-refractivity contribution in [3.05, 3.63) is 60.2 Å². The summed E-state index contributed by atoms with van der Waals surface area (Å²) in [5.41, 5.74) is 8.28. The van der Waals surface area contributed by atoms with Crippen LogP contribution in [-0.4, -0.2) is 19.2 Å². The fraction of sp³-hybridized carbons (Fsp3) is 0.333. The number of methoxy groups -OCH3 is 1. The van der Waals surface area contributed by atoms with Crippen LogP contribution in [0.1, 0.15) is 18.9 Å². The van der Waals surface area contributed by atoms with Gasteiger partial charge in [-0.25, -0.2) is 0 Å². The number of ether oxygens (including phenoxy) is 1. The van der Waals surface area contributed by atoms with E-state index in [9.17, 15) is 0 Å². The van der Waals surface area contributed by atoms with Crippen molar-refractivity contribution in [3.63, 3.8) is 0 Å². The van der Waals surface area contributed by atoms with Gasteiger partial charge in [-0.3, -0.25) is 0 Å². The van der Waals surface area contributed by atoms with Crippen molar-refractivity contribution >= 4 is 5.69 Å². The lowest BCUT2D eigenvalue weighted by atomic mass is 9.87. The maximum absolute atomic E-state index is 6.09. The molecule has 21 heavy (non-hydrogen) atoms. The Balaban J connectivity index is 2.21. The van der Waals surface area contributed by atoms with Crippen molar-refractivity contribution in [1.29, 1.82) is 0 Å². The zero-order chi connectivity index (χ0) is 15.1. The molecule has 3 nitrogen and oxygen atoms in total. The molecule has 0 aliphatic rings. The lowest BCUT2D eigenvalue weighted by Crippen LogP contribution is -2.47. The van der Waals surface area contributed by atoms with Crippen LogP contribution in [0, 0.1) is 0 Å². The Kier molecular flexibility index (Phi) is 5.23. The van der Waals surface area contributed by atoms with Crippen molar-refractivity contribution in [3.8, 4) is 5.75 Å². The van der Waals surface area contributed by atoms with Gasteiger partial charge in [0, 0.05) is 18.3 Å². The highest BCUT2D eigenvalue weighted by molar-refractivity contribution is 5.50. The first-order valence-electron chi connectivity index (χ1n) is 7.37. The molecule has 3 N–H and O–H groups in total. The number of nitrogens with two attached hydrogens (primary N) is 1. The molecule has 1 unspecified atom stereocenters. The molecule has 0 aromatic heterocycles. The molecule has 0 heterocycles. The second-order valence-corrected chi connectivity index (χ2v) is 5.36. The maximum atomic E-state index is 6.09. The zero-order valence-corrected chi connectivity index (χ0v) is 12.8. The van der Waals surface area contributed by atoms with Crippen LogP contribution in [0.4, 0.5) is 5.69 Å². The Morgan fingerprint density at radius 1 is 1.10 bits per heavy atom. The summed E-state index contributed by atoms with van der Waals surface area (Å²) in [6.07, 6.45) is 1.85. The van der Waals surface area contributed by atoms with Crippen LogP contribution in [0.2, 0.25) is 0 Å². The van der Waals surface area contributed by atoms with Crippen LogP contribution < -0.4 is 15.8 Å². The van der Waals surface area contributed by atoms with Crippen molar-refractivity contribution in [1.82, 2.24) is 0 Å². The van der Waals surface area contributed by atoms with Gasteiger partial charge in [0.2, 0.25) is 0 Å². The first-order chi connectivity index (χ1) is 10.2. The standard InChI is InChI=1S/C18H24N2O/c1-3-18(14-19,13-15-8-5-4-6-9-15)20-16-10-7-11-17(12-16)21-2/h4-12,20H,3,13-14,19H2,1-2H3. The molecule has 0 saturated carbocycles. The fourth-order valence-corrected chi connectivity index (χ4v) is 2.52. The summed E-state index contributed by atoms with van der Waals surface area (Å²) >= 11 is 0. The molecular weight excluding hydrogens is 260 g/mol. The summed E-state index contributed by atoms with van der Waals surface area (Å²) in [6, 6.07) is 18.4. The minimum Gasteiger partial charge on any atom is -0.497 e. The van der Waals surface area contributed by atoms with Crippen molar-refractivity contribution < 1.29 is 4.74 Å². The van der Waals surface area contributed by atoms with Crippen molar-refractivity contribution in [2.45, 2.75) is 25.3 Å². The van der Waals surface area contributed by atoms with Crippen LogP contribution in [0.25, 0.3) is 0 Å². The monoisotopic (exact) mass is 284 g/mol. The molecule has 1 atom stereocenters. The van der Waals surface area contributed by atoms with E-state index in [-0.39, 0.29) is 5.54 Å². The highest BCUT2D eigenvalue weighted by Crippen LogP contribution is 2.25. The van der Waals surface area contributed by atoms with Crippen LogP contribution in [0.3, 0.4) is 0 Å². The van der Waals surface area contributed by atoms with Gasteiger partial charge in [0.1, 0.15) is 5.75 Å². The quantitative estimate of drug-likeness (QED) is 0.818. The van der Waals surface area contributed by atoms with Gasteiger partial charge in [-0.15, -0.1) is 0 Å². The molecular formula is C18H24N2O. The summed E-state index contributed by atoms with van der Waals surface area (Å²) in [4.78, 5) is 0. The normalized spacial score (nSPS) is 13.5. The lowest BCUT2D eigenvalue weighted by Gasteiger charge is -2.34. The summed E-state index contributed by atoms with van der Waals surface area (Å²) in [7, 11) is 1.68. The second kappa shape index (κ2) is 7.14. The minimum absolute atomic E-state index is 0.145. The average Bonchev–Trinajstić information content (AvgIpc) is 2.55. The number of nitrogens with one attached hydrogen (secondary N) is 1. The summed E-state index contributed by atoms with van der Waals surface area (Å²) in [5.74, 6) is 0.849. The highest BCUT2D eigenvalue weighted by Gasteiger charge is 2.26. The zero-order valence-electron chi connectivity index (χ0n) is 12.8. The van der Waals surface area contributed by atoms with E-state index in [4.69, 9.17) is 10.5 Å². The molecule has 0 bridgehead atoms. The second-order valence-electron chi connectivity index (χ2n) is 5.36. The molecule has 2 aromatic carbocycles. The molecule has 0 radical (unpaired) electrons. The third kappa shape index (κ3) is 3.99. The summed E-state index contributed by atoms with van der Waals surface area (Å²) in [6.45, 7) is 2.75. The van der Waals surface area contributed by atoms with E-state index in [0.29, 0.717) is 6.54 Å². The Bertz CT molecular complexity index is 550. The van der Waals surface area contributed by atoms with E-state index in [0.717, 1.165) is 24.3 Å². The van der Waals surface area contributed by atoms with Gasteiger partial charge in [0.15, 0.2) is 0 Å². The lowest BCUT2D eigenvalue weighted by molar-refractivity contribution is 0.414. The number of rotatable bonds is 7. The smallest absolute Gasteiger partial charge is 0.120 e. The summed E-state index contributed by atoms with van der Waals surface area (Å²) in [5, 5.41) is 3.61. The SMILES string of the molecule is CCC(CN)(Cc1ccccc1)Nc1cccc(OC)c1. The van der Waals surface area contributed by atoms with E-state index in [1.807, 2.05) is 30.3 Å². The summed E-state index contributed by atoms with van der Waals surface area (Å²) < 4.78 is 5.28. The molecule has 2 rings (SSSR count). The number of hydrogen-bond acceptors (Lipinski definition) is 3. The molecule has 2 aromatic rings. The molecule has 112 valence electrons. The van der Waals surface area contributed by atoms with Crippen LogP contribution >= 0.6 is 0 Å². The first-order valence-corrected chi connectivity index (χ1v) is 7.37. The van der Waals surface area contributed by atoms with Gasteiger partial charge < -0.3 is 15.8 Å². The van der Waals surface area contributed by atoms with E-state index in [1.54, 1.807) is 7.11 Å². The fourth-order valence-electron chi connectivity index (χ4n) is 2.52. The van der Waals surface area contributed by atoms with Crippen LogP contribution in [0.5, 0.6) is 5.75 Å². The van der Waals surface area contributed by atoms with Gasteiger partial charge in [0.05, 0.1) is 12.6 Å². The van der Waals surface area contributed by atoms with Crippen LogP contribution in [-0.2, 0) is 6.42 Å².